The maximum absolute atomic E-state index is 13.1. The van der Waals surface area contributed by atoms with E-state index in [-0.39, 0.29) is 12.5 Å². The molecule has 1 aliphatic rings. The monoisotopic (exact) mass is 444 g/mol. The lowest BCUT2D eigenvalue weighted by molar-refractivity contribution is -0.135. The molecule has 0 spiro atoms. The van der Waals surface area contributed by atoms with Gasteiger partial charge in [0.25, 0.3) is 0 Å². The molecular weight excluding hydrogens is 416 g/mol. The molecule has 0 atom stereocenters. The van der Waals surface area contributed by atoms with Crippen molar-refractivity contribution in [2.24, 2.45) is 0 Å². The fourth-order valence-electron chi connectivity index (χ4n) is 4.55. The van der Waals surface area contributed by atoms with E-state index in [1.165, 1.54) is 5.56 Å². The van der Waals surface area contributed by atoms with Gasteiger partial charge in [0.1, 0.15) is 18.1 Å². The first kappa shape index (κ1) is 21.4. The smallest absolute Gasteiger partial charge is 0.242 e. The van der Waals surface area contributed by atoms with Gasteiger partial charge in [0.05, 0.1) is 29.9 Å². The summed E-state index contributed by atoms with van der Waals surface area (Å²) in [7, 11) is 0. The maximum Gasteiger partial charge on any atom is 0.242 e. The SMILES string of the molecule is Cc1noc(C)c1-c1ccc2c(c1)nc(CCc1ccccc1)n2CC(=O)N1CCOCC1. The number of morpholine rings is 1. The van der Waals surface area contributed by atoms with Crippen LogP contribution in [0.2, 0.25) is 0 Å². The molecule has 0 N–H and O–H groups in total. The van der Waals surface area contributed by atoms with E-state index in [9.17, 15) is 4.79 Å². The molecule has 7 heteroatoms. The summed E-state index contributed by atoms with van der Waals surface area (Å²) in [6.07, 6.45) is 1.63. The predicted molar refractivity (Wildman–Crippen MR) is 126 cm³/mol. The van der Waals surface area contributed by atoms with E-state index in [0.717, 1.165) is 52.3 Å². The van der Waals surface area contributed by atoms with Crippen LogP contribution in [0.4, 0.5) is 0 Å². The van der Waals surface area contributed by atoms with Gasteiger partial charge in [0.2, 0.25) is 5.91 Å². The highest BCUT2D eigenvalue weighted by atomic mass is 16.5. The normalized spacial score (nSPS) is 14.2. The topological polar surface area (TPSA) is 73.4 Å². The summed E-state index contributed by atoms with van der Waals surface area (Å²) in [5, 5.41) is 4.09. The molecule has 2 aromatic carbocycles. The summed E-state index contributed by atoms with van der Waals surface area (Å²) in [5.41, 5.74) is 5.99. The minimum absolute atomic E-state index is 0.105. The summed E-state index contributed by atoms with van der Waals surface area (Å²) in [4.78, 5) is 19.9. The minimum Gasteiger partial charge on any atom is -0.378 e. The Bertz CT molecular complexity index is 1250. The van der Waals surface area contributed by atoms with Gasteiger partial charge in [-0.25, -0.2) is 4.98 Å². The van der Waals surface area contributed by atoms with Gasteiger partial charge in [0.15, 0.2) is 0 Å². The molecule has 0 radical (unpaired) electrons. The zero-order chi connectivity index (χ0) is 22.8. The summed E-state index contributed by atoms with van der Waals surface area (Å²) in [6.45, 7) is 6.62. The number of imidazole rings is 1. The lowest BCUT2D eigenvalue weighted by Crippen LogP contribution is -2.42. The number of benzene rings is 2. The van der Waals surface area contributed by atoms with E-state index in [1.807, 2.05) is 24.8 Å². The lowest BCUT2D eigenvalue weighted by Gasteiger charge is -2.27. The third-order valence-electron chi connectivity index (χ3n) is 6.29. The Morgan fingerprint density at radius 1 is 1.03 bits per heavy atom. The van der Waals surface area contributed by atoms with Gasteiger partial charge < -0.3 is 18.7 Å². The molecule has 1 aliphatic heterocycles. The van der Waals surface area contributed by atoms with E-state index >= 15 is 0 Å². The van der Waals surface area contributed by atoms with E-state index in [0.29, 0.717) is 26.3 Å². The van der Waals surface area contributed by atoms with Crippen molar-refractivity contribution in [2.75, 3.05) is 26.3 Å². The van der Waals surface area contributed by atoms with Crippen molar-refractivity contribution in [3.8, 4) is 11.1 Å². The van der Waals surface area contributed by atoms with Gasteiger partial charge in [0, 0.05) is 25.1 Å². The Kier molecular flexibility index (Phi) is 5.96. The molecule has 1 amide bonds. The summed E-state index contributed by atoms with van der Waals surface area (Å²) < 4.78 is 12.8. The number of amides is 1. The van der Waals surface area contributed by atoms with E-state index in [2.05, 4.69) is 52.2 Å². The van der Waals surface area contributed by atoms with Gasteiger partial charge in [-0.1, -0.05) is 41.6 Å². The number of fused-ring (bicyclic) bond motifs is 1. The molecule has 3 heterocycles. The number of carbonyl (C=O) groups excluding carboxylic acids is 1. The van der Waals surface area contributed by atoms with Crippen molar-refractivity contribution in [2.45, 2.75) is 33.2 Å². The van der Waals surface area contributed by atoms with Crippen LogP contribution >= 0.6 is 0 Å². The van der Waals surface area contributed by atoms with E-state index in [1.54, 1.807) is 0 Å². The van der Waals surface area contributed by atoms with Crippen molar-refractivity contribution in [3.63, 3.8) is 0 Å². The fraction of sp³-hybridized carbons (Fsp3) is 0.346. The Labute approximate surface area is 193 Å². The first-order valence-corrected chi connectivity index (χ1v) is 11.4. The molecular formula is C26H28N4O3. The van der Waals surface area contributed by atoms with Gasteiger partial charge in [-0.15, -0.1) is 0 Å². The van der Waals surface area contributed by atoms with Crippen molar-refractivity contribution < 1.29 is 14.1 Å². The number of carbonyl (C=O) groups is 1. The third kappa shape index (κ3) is 4.41. The molecule has 1 saturated heterocycles. The summed E-state index contributed by atoms with van der Waals surface area (Å²) >= 11 is 0. The Hall–Kier alpha value is -3.45. The van der Waals surface area contributed by atoms with Crippen molar-refractivity contribution in [3.05, 3.63) is 71.4 Å². The highest BCUT2D eigenvalue weighted by Crippen LogP contribution is 2.30. The molecule has 33 heavy (non-hydrogen) atoms. The lowest BCUT2D eigenvalue weighted by atomic mass is 10.0. The molecule has 0 aliphatic carbocycles. The Balaban J connectivity index is 1.50. The van der Waals surface area contributed by atoms with Crippen LogP contribution in [0, 0.1) is 13.8 Å². The molecule has 5 rings (SSSR count). The van der Waals surface area contributed by atoms with Crippen LogP contribution in [0.15, 0.2) is 53.1 Å². The number of rotatable bonds is 6. The number of aryl methyl sites for hydroxylation is 4. The first-order valence-electron chi connectivity index (χ1n) is 11.4. The number of hydrogen-bond acceptors (Lipinski definition) is 5. The second-order valence-electron chi connectivity index (χ2n) is 8.50. The number of aromatic nitrogens is 3. The molecule has 7 nitrogen and oxygen atoms in total. The third-order valence-corrected chi connectivity index (χ3v) is 6.29. The van der Waals surface area contributed by atoms with Crippen LogP contribution in [0.25, 0.3) is 22.2 Å². The fourth-order valence-corrected chi connectivity index (χ4v) is 4.55. The highest BCUT2D eigenvalue weighted by molar-refractivity contribution is 5.85. The molecule has 170 valence electrons. The van der Waals surface area contributed by atoms with Crippen molar-refractivity contribution >= 4 is 16.9 Å². The predicted octanol–water partition coefficient (Wildman–Crippen LogP) is 3.95. The number of ether oxygens (including phenoxy) is 1. The standard InChI is InChI=1S/C26H28N4O3/c1-18-26(19(2)33-28-18)21-9-10-23-22(16-21)27-24(11-8-20-6-4-3-5-7-20)30(23)17-25(31)29-12-14-32-15-13-29/h3-7,9-10,16H,8,11-15,17H2,1-2H3. The van der Waals surface area contributed by atoms with Crippen molar-refractivity contribution in [1.82, 2.24) is 19.6 Å². The zero-order valence-corrected chi connectivity index (χ0v) is 19.1. The van der Waals surface area contributed by atoms with Crippen LogP contribution in [0.3, 0.4) is 0 Å². The number of nitrogens with zero attached hydrogens (tertiary/aromatic N) is 4. The van der Waals surface area contributed by atoms with E-state index < -0.39 is 0 Å². The van der Waals surface area contributed by atoms with E-state index in [4.69, 9.17) is 14.2 Å². The quantitative estimate of drug-likeness (QED) is 0.450. The highest BCUT2D eigenvalue weighted by Gasteiger charge is 2.21. The Morgan fingerprint density at radius 2 is 1.82 bits per heavy atom. The van der Waals surface area contributed by atoms with Crippen LogP contribution in [0.1, 0.15) is 22.8 Å². The molecule has 2 aromatic heterocycles. The minimum atomic E-state index is 0.105. The number of hydrogen-bond donors (Lipinski definition) is 0. The van der Waals surface area contributed by atoms with Gasteiger partial charge >= 0.3 is 0 Å². The molecule has 1 fully saturated rings. The summed E-state index contributed by atoms with van der Waals surface area (Å²) in [5.74, 6) is 1.82. The van der Waals surface area contributed by atoms with Crippen LogP contribution < -0.4 is 0 Å². The Morgan fingerprint density at radius 3 is 2.55 bits per heavy atom. The summed E-state index contributed by atoms with van der Waals surface area (Å²) in [6, 6.07) is 16.6. The van der Waals surface area contributed by atoms with Crippen molar-refractivity contribution in [1.29, 1.82) is 0 Å². The van der Waals surface area contributed by atoms with Crippen LogP contribution in [-0.2, 0) is 28.9 Å². The average molecular weight is 445 g/mol. The first-order chi connectivity index (χ1) is 16.1. The maximum atomic E-state index is 13.1. The molecule has 0 bridgehead atoms. The van der Waals surface area contributed by atoms with Gasteiger partial charge in [-0.3, -0.25) is 4.79 Å². The molecule has 4 aromatic rings. The second kappa shape index (κ2) is 9.19. The zero-order valence-electron chi connectivity index (χ0n) is 19.1. The van der Waals surface area contributed by atoms with Crippen LogP contribution in [-0.4, -0.2) is 51.8 Å². The average Bonchev–Trinajstić information content (AvgIpc) is 3.37. The van der Waals surface area contributed by atoms with Gasteiger partial charge in [-0.05, 0) is 43.5 Å². The molecule has 0 saturated carbocycles. The molecule has 0 unspecified atom stereocenters. The van der Waals surface area contributed by atoms with Crippen LogP contribution in [0.5, 0.6) is 0 Å². The largest absolute Gasteiger partial charge is 0.378 e. The van der Waals surface area contributed by atoms with Gasteiger partial charge in [-0.2, -0.15) is 0 Å². The second-order valence-corrected chi connectivity index (χ2v) is 8.50.